The van der Waals surface area contributed by atoms with Crippen LogP contribution in [0.3, 0.4) is 0 Å². The molecule has 0 unspecified atom stereocenters. The zero-order valence-corrected chi connectivity index (χ0v) is 20.2. The molecule has 1 aromatic heterocycles. The number of aliphatic carboxylic acids is 2. The molecule has 0 aliphatic carbocycles. The van der Waals surface area contributed by atoms with Gasteiger partial charge in [-0.2, -0.15) is 4.57 Å². The number of carboxylic acids is 2. The van der Waals surface area contributed by atoms with Crippen LogP contribution in [0, 0.1) is 0 Å². The zero-order valence-electron chi connectivity index (χ0n) is 17.0. The normalized spacial score (nSPS) is 12.8. The molecule has 2 aromatic carbocycles. The van der Waals surface area contributed by atoms with E-state index in [0.717, 1.165) is 31.4 Å². The molecule has 0 spiro atoms. The van der Waals surface area contributed by atoms with Crippen molar-refractivity contribution in [1.82, 2.24) is 0 Å². The lowest BCUT2D eigenvalue weighted by Crippen LogP contribution is -3.00. The first-order chi connectivity index (χ1) is 14.9. The summed E-state index contributed by atoms with van der Waals surface area (Å²) >= 11 is 3.02. The third-order valence-corrected chi connectivity index (χ3v) is 7.08. The molecule has 1 aliphatic rings. The van der Waals surface area contributed by atoms with Crippen LogP contribution in [0.5, 0.6) is 0 Å². The summed E-state index contributed by atoms with van der Waals surface area (Å²) in [5, 5.41) is 20.2. The van der Waals surface area contributed by atoms with Crippen molar-refractivity contribution in [3.8, 4) is 0 Å². The summed E-state index contributed by atoms with van der Waals surface area (Å²) < 4.78 is 2.81. The fraction of sp³-hybridized carbons (Fsp3) is 0.130. The second-order valence-electron chi connectivity index (χ2n) is 6.87. The Morgan fingerprint density at radius 2 is 1.81 bits per heavy atom. The summed E-state index contributed by atoms with van der Waals surface area (Å²) in [4.78, 5) is 25.4. The van der Waals surface area contributed by atoms with Crippen molar-refractivity contribution in [3.63, 3.8) is 0 Å². The minimum atomic E-state index is -0.914. The van der Waals surface area contributed by atoms with E-state index in [9.17, 15) is 19.8 Å². The van der Waals surface area contributed by atoms with E-state index >= 15 is 0 Å². The van der Waals surface area contributed by atoms with Crippen LogP contribution in [-0.2, 0) is 16.1 Å². The van der Waals surface area contributed by atoms with Crippen LogP contribution < -0.4 is 26.4 Å². The molecule has 9 heteroatoms. The lowest BCUT2D eigenvalue weighted by molar-refractivity contribution is -0.657. The SMILES string of the molecule is CC(=CC=C=C1Sc2ccccc2N1CC(=O)O)c1sc2ccccc2[n+]1CC(=O)O.[Br-]. The number of rotatable bonds is 6. The minimum Gasteiger partial charge on any atom is -1.00 e. The molecule has 4 rings (SSSR count). The summed E-state index contributed by atoms with van der Waals surface area (Å²) in [7, 11) is 0. The van der Waals surface area contributed by atoms with Crippen molar-refractivity contribution >= 4 is 56.5 Å². The van der Waals surface area contributed by atoms with Crippen LogP contribution in [-0.4, -0.2) is 28.7 Å². The Balaban J connectivity index is 0.00000289. The van der Waals surface area contributed by atoms with Gasteiger partial charge in [-0.05, 0) is 37.3 Å². The van der Waals surface area contributed by atoms with E-state index in [-0.39, 0.29) is 30.1 Å². The first kappa shape index (κ1) is 23.8. The highest BCUT2D eigenvalue weighted by molar-refractivity contribution is 8.03. The van der Waals surface area contributed by atoms with Gasteiger partial charge in [0.05, 0.1) is 5.69 Å². The smallest absolute Gasteiger partial charge is 0.370 e. The number of para-hydroxylation sites is 2. The topological polar surface area (TPSA) is 81.7 Å². The van der Waals surface area contributed by atoms with Gasteiger partial charge in [-0.15, -0.1) is 0 Å². The van der Waals surface area contributed by atoms with Crippen LogP contribution >= 0.6 is 23.1 Å². The second-order valence-corrected chi connectivity index (χ2v) is 8.93. The molecular formula is C23H19BrN2O4S2. The molecule has 0 bridgehead atoms. The molecule has 3 aromatic rings. The number of aromatic nitrogens is 1. The molecule has 0 radical (unpaired) electrons. The number of fused-ring (bicyclic) bond motifs is 2. The number of carbonyl (C=O) groups is 2. The summed E-state index contributed by atoms with van der Waals surface area (Å²) in [5.74, 6) is -1.81. The number of hydrogen-bond donors (Lipinski definition) is 2. The highest BCUT2D eigenvalue weighted by Gasteiger charge is 2.26. The Kier molecular flexibility index (Phi) is 7.58. The van der Waals surface area contributed by atoms with Crippen molar-refractivity contribution in [2.75, 3.05) is 11.4 Å². The van der Waals surface area contributed by atoms with Gasteiger partial charge in [0, 0.05) is 16.5 Å². The predicted octanol–water partition coefficient (Wildman–Crippen LogP) is 1.37. The monoisotopic (exact) mass is 530 g/mol. The van der Waals surface area contributed by atoms with Gasteiger partial charge in [0.15, 0.2) is 0 Å². The Morgan fingerprint density at radius 3 is 2.56 bits per heavy atom. The van der Waals surface area contributed by atoms with E-state index in [1.807, 2.05) is 61.5 Å². The fourth-order valence-corrected chi connectivity index (χ4v) is 5.54. The number of allylic oxidation sites excluding steroid dienone is 3. The van der Waals surface area contributed by atoms with Gasteiger partial charge in [-0.25, -0.2) is 4.79 Å². The van der Waals surface area contributed by atoms with Gasteiger partial charge in [0.25, 0.3) is 5.01 Å². The van der Waals surface area contributed by atoms with E-state index in [0.29, 0.717) is 5.03 Å². The maximum absolute atomic E-state index is 11.4. The molecule has 6 nitrogen and oxygen atoms in total. The average molecular weight is 531 g/mol. The lowest BCUT2D eigenvalue weighted by atomic mass is 10.2. The first-order valence-corrected chi connectivity index (χ1v) is 11.1. The molecule has 0 saturated heterocycles. The molecule has 0 amide bonds. The number of benzene rings is 2. The Hall–Kier alpha value is -2.84. The number of carboxylic acid groups (broad SMARTS) is 2. The molecule has 0 saturated carbocycles. The van der Waals surface area contributed by atoms with E-state index in [2.05, 4.69) is 5.73 Å². The zero-order chi connectivity index (χ0) is 22.0. The maximum atomic E-state index is 11.4. The van der Waals surface area contributed by atoms with Crippen molar-refractivity contribution in [1.29, 1.82) is 0 Å². The van der Waals surface area contributed by atoms with Crippen molar-refractivity contribution in [3.05, 3.63) is 76.5 Å². The number of hydrogen-bond acceptors (Lipinski definition) is 5. The average Bonchev–Trinajstić information content (AvgIpc) is 3.26. The molecule has 2 heterocycles. The first-order valence-electron chi connectivity index (χ1n) is 9.47. The standard InChI is InChI=1S/C23H18N2O4S2.BrH/c1-15(23-25(14-22(28)29)17-9-3-5-11-19(17)31-23)7-6-12-20-24(13-21(26)27)16-8-2-4-10-18(16)30-20;/h2-11H,13-14H2,1H3,(H-,26,27,28,29);1H. The third-order valence-electron chi connectivity index (χ3n) is 4.68. The van der Waals surface area contributed by atoms with E-state index in [1.54, 1.807) is 15.5 Å². The summed E-state index contributed by atoms with van der Waals surface area (Å²) in [5.41, 5.74) is 5.84. The highest BCUT2D eigenvalue weighted by atomic mass is 79.9. The van der Waals surface area contributed by atoms with E-state index < -0.39 is 11.9 Å². The molecule has 0 atom stereocenters. The summed E-state index contributed by atoms with van der Waals surface area (Å²) in [6.45, 7) is 1.67. The van der Waals surface area contributed by atoms with Gasteiger partial charge in [0.1, 0.15) is 16.3 Å². The molecule has 32 heavy (non-hydrogen) atoms. The molecular weight excluding hydrogens is 512 g/mol. The number of anilines is 1. The second kappa shape index (κ2) is 10.2. The minimum absolute atomic E-state index is 0. The van der Waals surface area contributed by atoms with Gasteiger partial charge < -0.3 is 32.1 Å². The Morgan fingerprint density at radius 1 is 1.09 bits per heavy atom. The van der Waals surface area contributed by atoms with Gasteiger partial charge >= 0.3 is 11.9 Å². The van der Waals surface area contributed by atoms with E-state index in [4.69, 9.17) is 0 Å². The van der Waals surface area contributed by atoms with Crippen molar-refractivity contribution in [2.45, 2.75) is 18.4 Å². The molecule has 164 valence electrons. The molecule has 0 fully saturated rings. The van der Waals surface area contributed by atoms with Gasteiger partial charge in [-0.1, -0.05) is 53.1 Å². The van der Waals surface area contributed by atoms with E-state index in [1.165, 1.54) is 23.1 Å². The number of halogens is 1. The largest absolute Gasteiger partial charge is 1.00 e. The van der Waals surface area contributed by atoms with Crippen molar-refractivity contribution < 1.29 is 41.4 Å². The quantitative estimate of drug-likeness (QED) is 0.284. The van der Waals surface area contributed by atoms with Crippen LogP contribution in [0.4, 0.5) is 5.69 Å². The number of thioether (sulfide) groups is 1. The third kappa shape index (κ3) is 4.97. The Bertz CT molecular complexity index is 1290. The molecule has 2 N–H and O–H groups in total. The number of nitrogens with zero attached hydrogens (tertiary/aromatic N) is 2. The van der Waals surface area contributed by atoms with Gasteiger partial charge in [0.2, 0.25) is 12.1 Å². The maximum Gasteiger partial charge on any atom is 0.370 e. The van der Waals surface area contributed by atoms with Gasteiger partial charge in [-0.3, -0.25) is 4.79 Å². The number of thiazole rings is 1. The van der Waals surface area contributed by atoms with Crippen LogP contribution in [0.15, 0.2) is 76.3 Å². The van der Waals surface area contributed by atoms with Crippen LogP contribution in [0.2, 0.25) is 0 Å². The van der Waals surface area contributed by atoms with Crippen LogP contribution in [0.1, 0.15) is 11.9 Å². The predicted molar refractivity (Wildman–Crippen MR) is 122 cm³/mol. The van der Waals surface area contributed by atoms with Crippen LogP contribution in [0.25, 0.3) is 15.8 Å². The highest BCUT2D eigenvalue weighted by Crippen LogP contribution is 2.45. The Labute approximate surface area is 203 Å². The lowest BCUT2D eigenvalue weighted by Gasteiger charge is -2.15. The summed E-state index contributed by atoms with van der Waals surface area (Å²) in [6.07, 6.45) is 3.63. The fourth-order valence-electron chi connectivity index (χ4n) is 3.36. The molecule has 1 aliphatic heterocycles. The summed E-state index contributed by atoms with van der Waals surface area (Å²) in [6, 6.07) is 15.4. The van der Waals surface area contributed by atoms with Crippen molar-refractivity contribution in [2.24, 2.45) is 0 Å².